The first-order chi connectivity index (χ1) is 11.9. The molecule has 2 rings (SSSR count). The number of carbonyl (C=O) groups excluding carboxylic acids is 3. The Morgan fingerprint density at radius 2 is 1.52 bits per heavy atom. The van der Waals surface area contributed by atoms with E-state index in [1.54, 1.807) is 19.1 Å². The van der Waals surface area contributed by atoms with Crippen molar-refractivity contribution < 1.29 is 14.4 Å². The molecule has 0 spiro atoms. The second-order valence-corrected chi connectivity index (χ2v) is 4.70. The first-order valence-electron chi connectivity index (χ1n) is 8.68. The van der Waals surface area contributed by atoms with Gasteiger partial charge in [0.05, 0.1) is 6.04 Å². The molecule has 2 aliphatic rings. The zero-order chi connectivity index (χ0) is 20.2. The molecule has 0 aromatic heterocycles. The van der Waals surface area contributed by atoms with Crippen LogP contribution in [-0.2, 0) is 14.4 Å². The molecular weight excluding hydrogens is 316 g/mol. The van der Waals surface area contributed by atoms with Crippen LogP contribution < -0.4 is 5.32 Å². The summed E-state index contributed by atoms with van der Waals surface area (Å²) in [4.78, 5) is 36.5. The number of hydrogen-bond acceptors (Lipinski definition) is 3. The molecule has 1 unspecified atom stereocenters. The highest BCUT2D eigenvalue weighted by atomic mass is 16.2. The molecular formula is C20H32N2O3. The molecule has 2 fully saturated rings. The fourth-order valence-corrected chi connectivity index (χ4v) is 2.24. The molecule has 140 valence electrons. The Morgan fingerprint density at radius 1 is 1.04 bits per heavy atom. The summed E-state index contributed by atoms with van der Waals surface area (Å²) in [5.74, 6) is -0.911. The van der Waals surface area contributed by atoms with E-state index in [0.717, 1.165) is 4.90 Å². The summed E-state index contributed by atoms with van der Waals surface area (Å²) in [5, 5.41) is 2.57. The highest BCUT2D eigenvalue weighted by Crippen LogP contribution is 2.30. The Kier molecular flexibility index (Phi) is 12.8. The number of amides is 3. The van der Waals surface area contributed by atoms with Crippen molar-refractivity contribution in [1.29, 1.82) is 0 Å². The average molecular weight is 348 g/mol. The van der Waals surface area contributed by atoms with Gasteiger partial charge in [-0.25, -0.2) is 0 Å². The van der Waals surface area contributed by atoms with E-state index in [-0.39, 0.29) is 23.8 Å². The molecule has 1 atom stereocenters. The lowest BCUT2D eigenvalue weighted by molar-refractivity contribution is -0.140. The quantitative estimate of drug-likeness (QED) is 0.444. The maximum atomic E-state index is 12.1. The second kappa shape index (κ2) is 12.9. The molecule has 25 heavy (non-hydrogen) atoms. The van der Waals surface area contributed by atoms with Gasteiger partial charge in [-0.15, -0.1) is 6.58 Å². The molecule has 5 nitrogen and oxygen atoms in total. The summed E-state index contributed by atoms with van der Waals surface area (Å²) < 4.78 is 0. The van der Waals surface area contributed by atoms with Crippen molar-refractivity contribution in [3.05, 3.63) is 48.7 Å². The maximum absolute atomic E-state index is 12.1. The van der Waals surface area contributed by atoms with E-state index < -0.39 is 11.9 Å². The SMILES string of the molecule is C=C1C(=O)N(C2CCC(=O)NC2=C)C(=O)/C1=C/C.C=CC.CC.CC. The predicted octanol–water partition coefficient (Wildman–Crippen LogP) is 3.89. The van der Waals surface area contributed by atoms with E-state index in [1.165, 1.54) is 0 Å². The van der Waals surface area contributed by atoms with Gasteiger partial charge in [-0.1, -0.05) is 53.0 Å². The van der Waals surface area contributed by atoms with Crippen LogP contribution in [0.15, 0.2) is 48.7 Å². The Morgan fingerprint density at radius 3 is 1.88 bits per heavy atom. The number of likely N-dealkylation sites (tertiary alicyclic amines) is 1. The van der Waals surface area contributed by atoms with Gasteiger partial charge in [0.1, 0.15) is 0 Å². The fourth-order valence-electron chi connectivity index (χ4n) is 2.24. The van der Waals surface area contributed by atoms with Gasteiger partial charge in [0.2, 0.25) is 5.91 Å². The maximum Gasteiger partial charge on any atom is 0.261 e. The highest BCUT2D eigenvalue weighted by Gasteiger charge is 2.43. The molecule has 0 saturated carbocycles. The largest absolute Gasteiger partial charge is 0.328 e. The predicted molar refractivity (Wildman–Crippen MR) is 104 cm³/mol. The van der Waals surface area contributed by atoms with Gasteiger partial charge in [-0.3, -0.25) is 19.3 Å². The van der Waals surface area contributed by atoms with Crippen molar-refractivity contribution in [3.8, 4) is 0 Å². The first kappa shape index (κ1) is 24.8. The lowest BCUT2D eigenvalue weighted by Gasteiger charge is -2.31. The summed E-state index contributed by atoms with van der Waals surface area (Å²) in [5.41, 5.74) is 0.912. The van der Waals surface area contributed by atoms with Gasteiger partial charge >= 0.3 is 0 Å². The Balaban J connectivity index is 0. The number of imide groups is 1. The van der Waals surface area contributed by atoms with E-state index in [9.17, 15) is 14.4 Å². The molecule has 0 aliphatic carbocycles. The van der Waals surface area contributed by atoms with Gasteiger partial charge in [-0.05, 0) is 20.3 Å². The Labute approximate surface area is 152 Å². The smallest absolute Gasteiger partial charge is 0.261 e. The molecule has 0 aromatic carbocycles. The van der Waals surface area contributed by atoms with Gasteiger partial charge in [0.15, 0.2) is 0 Å². The fraction of sp³-hybridized carbons (Fsp3) is 0.450. The van der Waals surface area contributed by atoms with Gasteiger partial charge in [0.25, 0.3) is 11.8 Å². The topological polar surface area (TPSA) is 66.5 Å². The second-order valence-electron chi connectivity index (χ2n) is 4.70. The third kappa shape index (κ3) is 6.18. The zero-order valence-corrected chi connectivity index (χ0v) is 16.4. The number of carbonyl (C=O) groups is 3. The number of rotatable bonds is 1. The minimum atomic E-state index is -0.475. The van der Waals surface area contributed by atoms with Crippen LogP contribution in [0, 0.1) is 0 Å². The number of piperidine rings is 1. The van der Waals surface area contributed by atoms with Crippen LogP contribution in [0.1, 0.15) is 54.4 Å². The van der Waals surface area contributed by atoms with Gasteiger partial charge < -0.3 is 5.32 Å². The molecule has 1 N–H and O–H groups in total. The monoisotopic (exact) mass is 348 g/mol. The van der Waals surface area contributed by atoms with Crippen molar-refractivity contribution >= 4 is 17.7 Å². The molecule has 0 radical (unpaired) electrons. The van der Waals surface area contributed by atoms with Crippen LogP contribution in [0.3, 0.4) is 0 Å². The van der Waals surface area contributed by atoms with E-state index >= 15 is 0 Å². The lowest BCUT2D eigenvalue weighted by atomic mass is 10.0. The Hall–Kier alpha value is -2.43. The number of hydrogen-bond donors (Lipinski definition) is 1. The van der Waals surface area contributed by atoms with Crippen LogP contribution in [-0.4, -0.2) is 28.7 Å². The van der Waals surface area contributed by atoms with E-state index in [0.29, 0.717) is 17.7 Å². The van der Waals surface area contributed by atoms with Crippen molar-refractivity contribution in [3.63, 3.8) is 0 Å². The average Bonchev–Trinajstić information content (AvgIpc) is 2.82. The van der Waals surface area contributed by atoms with Crippen LogP contribution >= 0.6 is 0 Å². The molecule has 2 saturated heterocycles. The van der Waals surface area contributed by atoms with Crippen molar-refractivity contribution in [2.45, 2.75) is 60.4 Å². The van der Waals surface area contributed by atoms with Crippen molar-refractivity contribution in [2.24, 2.45) is 0 Å². The minimum Gasteiger partial charge on any atom is -0.328 e. The first-order valence-corrected chi connectivity index (χ1v) is 8.68. The highest BCUT2D eigenvalue weighted by molar-refractivity contribution is 6.24. The van der Waals surface area contributed by atoms with Crippen molar-refractivity contribution in [2.75, 3.05) is 0 Å². The summed E-state index contributed by atoms with van der Waals surface area (Å²) in [6, 6.07) is -0.475. The zero-order valence-electron chi connectivity index (χ0n) is 16.4. The standard InChI is InChI=1S/C13H14N2O3.C3H6.2C2H6/c1-4-9-7(2)12(17)15(13(9)18)10-5-6-11(16)14-8(10)3;1-3-2;2*1-2/h4,10H,2-3,5-6H2,1H3,(H,14,16);3H,1H2,2H3;2*1-2H3/b9-4+;;;. The summed E-state index contributed by atoms with van der Waals surface area (Å²) in [6.45, 7) is 22.3. The van der Waals surface area contributed by atoms with Crippen LogP contribution in [0.25, 0.3) is 0 Å². The minimum absolute atomic E-state index is 0.138. The van der Waals surface area contributed by atoms with Gasteiger partial charge in [0, 0.05) is 23.3 Å². The molecule has 0 aromatic rings. The van der Waals surface area contributed by atoms with E-state index in [1.807, 2.05) is 34.6 Å². The molecule has 0 bridgehead atoms. The molecule has 2 heterocycles. The summed E-state index contributed by atoms with van der Waals surface area (Å²) >= 11 is 0. The van der Waals surface area contributed by atoms with E-state index in [2.05, 4.69) is 25.1 Å². The summed E-state index contributed by atoms with van der Waals surface area (Å²) in [7, 11) is 0. The van der Waals surface area contributed by atoms with Gasteiger partial charge in [-0.2, -0.15) is 0 Å². The normalized spacial score (nSPS) is 20.6. The van der Waals surface area contributed by atoms with Crippen LogP contribution in [0.5, 0.6) is 0 Å². The molecule has 5 heteroatoms. The molecule has 3 amide bonds. The van der Waals surface area contributed by atoms with E-state index in [4.69, 9.17) is 0 Å². The van der Waals surface area contributed by atoms with Crippen LogP contribution in [0.4, 0.5) is 0 Å². The third-order valence-electron chi connectivity index (χ3n) is 3.20. The van der Waals surface area contributed by atoms with Crippen LogP contribution in [0.2, 0.25) is 0 Å². The number of allylic oxidation sites excluding steroid dienone is 2. The Bertz CT molecular complexity index is 559. The number of nitrogens with one attached hydrogen (secondary N) is 1. The molecule has 2 aliphatic heterocycles. The van der Waals surface area contributed by atoms with Crippen molar-refractivity contribution in [1.82, 2.24) is 10.2 Å². The third-order valence-corrected chi connectivity index (χ3v) is 3.20. The lowest BCUT2D eigenvalue weighted by Crippen LogP contribution is -2.48. The number of nitrogens with zero attached hydrogens (tertiary/aromatic N) is 1. The summed E-state index contributed by atoms with van der Waals surface area (Å²) in [6.07, 6.45) is 4.01.